The van der Waals surface area contributed by atoms with Crippen LogP contribution in [0.4, 0.5) is 0 Å². The summed E-state index contributed by atoms with van der Waals surface area (Å²) in [6, 6.07) is 14.3. The van der Waals surface area contributed by atoms with Crippen LogP contribution >= 0.6 is 0 Å². The Bertz CT molecular complexity index is 1020. The van der Waals surface area contributed by atoms with E-state index in [1.54, 1.807) is 24.7 Å². The zero-order valence-electron chi connectivity index (χ0n) is 18.7. The molecule has 0 aliphatic carbocycles. The minimum atomic E-state index is -0.706. The van der Waals surface area contributed by atoms with Crippen molar-refractivity contribution in [3.05, 3.63) is 72.8 Å². The first-order valence-electron chi connectivity index (χ1n) is 10.6. The molecule has 0 unspecified atom stereocenters. The number of amides is 1. The van der Waals surface area contributed by atoms with Crippen LogP contribution in [0, 0.1) is 5.92 Å². The maximum absolute atomic E-state index is 13.2. The minimum Gasteiger partial charge on any atom is -0.492 e. The summed E-state index contributed by atoms with van der Waals surface area (Å²) in [4.78, 5) is 29.4. The van der Waals surface area contributed by atoms with Gasteiger partial charge in [0.1, 0.15) is 18.4 Å². The van der Waals surface area contributed by atoms with Crippen LogP contribution in [-0.2, 0) is 16.1 Å². The van der Waals surface area contributed by atoms with Gasteiger partial charge in [-0.3, -0.25) is 4.79 Å². The lowest BCUT2D eigenvalue weighted by Gasteiger charge is -2.20. The molecule has 0 spiro atoms. The first-order valence-corrected chi connectivity index (χ1v) is 10.6. The molecule has 2 aromatic carbocycles. The van der Waals surface area contributed by atoms with Gasteiger partial charge in [0.15, 0.2) is 0 Å². The van der Waals surface area contributed by atoms with E-state index in [9.17, 15) is 9.59 Å². The van der Waals surface area contributed by atoms with Crippen LogP contribution in [-0.4, -0.2) is 41.2 Å². The standard InChI is InChI=1S/C25H29N3O4/c1-18(2)15-23(25(30)31-3)27-24(29)21-10-9-20(32-14-13-28-12-11-26-17-28)16-22(21)19-7-5-4-6-8-19/h4-12,16-18,23H,13-15H2,1-3H3,(H,27,29)/t23-/m0/s1. The predicted octanol–water partition coefficient (Wildman–Crippen LogP) is 3.95. The average Bonchev–Trinajstić information content (AvgIpc) is 3.32. The molecule has 0 saturated heterocycles. The van der Waals surface area contributed by atoms with E-state index >= 15 is 0 Å². The summed E-state index contributed by atoms with van der Waals surface area (Å²) < 4.78 is 12.7. The number of rotatable bonds is 10. The molecule has 7 nitrogen and oxygen atoms in total. The number of imidazole rings is 1. The van der Waals surface area contributed by atoms with Gasteiger partial charge in [-0.25, -0.2) is 9.78 Å². The Morgan fingerprint density at radius 2 is 1.91 bits per heavy atom. The third kappa shape index (κ3) is 6.20. The highest BCUT2D eigenvalue weighted by Gasteiger charge is 2.24. The van der Waals surface area contributed by atoms with E-state index in [1.165, 1.54) is 7.11 Å². The van der Waals surface area contributed by atoms with Crippen molar-refractivity contribution >= 4 is 11.9 Å². The molecule has 7 heteroatoms. The Labute approximate surface area is 188 Å². The SMILES string of the molecule is COC(=O)[C@H](CC(C)C)NC(=O)c1ccc(OCCn2ccnc2)cc1-c1ccccc1. The molecule has 168 valence electrons. The molecule has 1 heterocycles. The Kier molecular flexibility index (Phi) is 8.02. The smallest absolute Gasteiger partial charge is 0.328 e. The fourth-order valence-electron chi connectivity index (χ4n) is 3.42. The molecule has 0 radical (unpaired) electrons. The van der Waals surface area contributed by atoms with Crippen molar-refractivity contribution < 1.29 is 19.1 Å². The normalized spacial score (nSPS) is 11.8. The second-order valence-electron chi connectivity index (χ2n) is 7.90. The van der Waals surface area contributed by atoms with Gasteiger partial charge in [-0.2, -0.15) is 0 Å². The number of methoxy groups -OCH3 is 1. The lowest BCUT2D eigenvalue weighted by atomic mass is 9.97. The van der Waals surface area contributed by atoms with Crippen LogP contribution in [0.3, 0.4) is 0 Å². The fraction of sp³-hybridized carbons (Fsp3) is 0.320. The van der Waals surface area contributed by atoms with Gasteiger partial charge in [0.25, 0.3) is 5.91 Å². The van der Waals surface area contributed by atoms with E-state index in [4.69, 9.17) is 9.47 Å². The van der Waals surface area contributed by atoms with Crippen LogP contribution in [0.15, 0.2) is 67.3 Å². The number of carbonyl (C=O) groups is 2. The molecular weight excluding hydrogens is 406 g/mol. The number of ether oxygens (including phenoxy) is 2. The van der Waals surface area contributed by atoms with Crippen molar-refractivity contribution in [1.82, 2.24) is 14.9 Å². The molecular formula is C25H29N3O4. The van der Waals surface area contributed by atoms with E-state index in [0.717, 1.165) is 11.1 Å². The maximum atomic E-state index is 13.2. The zero-order valence-corrected chi connectivity index (χ0v) is 18.7. The van der Waals surface area contributed by atoms with Crippen LogP contribution < -0.4 is 10.1 Å². The molecule has 1 amide bonds. The van der Waals surface area contributed by atoms with Crippen LogP contribution in [0.25, 0.3) is 11.1 Å². The molecule has 32 heavy (non-hydrogen) atoms. The van der Waals surface area contributed by atoms with Gasteiger partial charge in [0.05, 0.1) is 20.0 Å². The highest BCUT2D eigenvalue weighted by Crippen LogP contribution is 2.28. The second-order valence-corrected chi connectivity index (χ2v) is 7.90. The first-order chi connectivity index (χ1) is 15.5. The fourth-order valence-corrected chi connectivity index (χ4v) is 3.42. The van der Waals surface area contributed by atoms with Gasteiger partial charge < -0.3 is 19.4 Å². The first kappa shape index (κ1) is 23.1. The van der Waals surface area contributed by atoms with Gasteiger partial charge in [-0.05, 0) is 41.7 Å². The van der Waals surface area contributed by atoms with Crippen molar-refractivity contribution in [2.45, 2.75) is 32.9 Å². The molecule has 0 saturated carbocycles. The van der Waals surface area contributed by atoms with Gasteiger partial charge >= 0.3 is 5.97 Å². The van der Waals surface area contributed by atoms with Crippen molar-refractivity contribution in [1.29, 1.82) is 0 Å². The van der Waals surface area contributed by atoms with E-state index in [0.29, 0.717) is 30.9 Å². The highest BCUT2D eigenvalue weighted by molar-refractivity contribution is 6.02. The zero-order chi connectivity index (χ0) is 22.9. The molecule has 0 aliphatic rings. The molecule has 0 bridgehead atoms. The highest BCUT2D eigenvalue weighted by atomic mass is 16.5. The van der Waals surface area contributed by atoms with E-state index in [1.807, 2.05) is 61.0 Å². The van der Waals surface area contributed by atoms with E-state index < -0.39 is 12.0 Å². The average molecular weight is 436 g/mol. The van der Waals surface area contributed by atoms with Gasteiger partial charge in [-0.15, -0.1) is 0 Å². The largest absolute Gasteiger partial charge is 0.492 e. The second kappa shape index (κ2) is 11.1. The summed E-state index contributed by atoms with van der Waals surface area (Å²) in [7, 11) is 1.33. The predicted molar refractivity (Wildman–Crippen MR) is 122 cm³/mol. The number of nitrogens with one attached hydrogen (secondary N) is 1. The van der Waals surface area contributed by atoms with E-state index in [2.05, 4.69) is 10.3 Å². The van der Waals surface area contributed by atoms with Gasteiger partial charge in [0.2, 0.25) is 0 Å². The molecule has 3 rings (SSSR count). The Morgan fingerprint density at radius 3 is 2.56 bits per heavy atom. The Balaban J connectivity index is 1.83. The lowest BCUT2D eigenvalue weighted by molar-refractivity contribution is -0.143. The summed E-state index contributed by atoms with van der Waals surface area (Å²) in [5, 5.41) is 2.84. The number of hydrogen-bond acceptors (Lipinski definition) is 5. The summed E-state index contributed by atoms with van der Waals surface area (Å²) in [6.07, 6.45) is 5.83. The summed E-state index contributed by atoms with van der Waals surface area (Å²) in [5.74, 6) is 0.101. The molecule has 1 aromatic heterocycles. The van der Waals surface area contributed by atoms with Crippen LogP contribution in [0.5, 0.6) is 5.75 Å². The Morgan fingerprint density at radius 1 is 1.12 bits per heavy atom. The van der Waals surface area contributed by atoms with Crippen molar-refractivity contribution in [3.63, 3.8) is 0 Å². The number of carbonyl (C=O) groups excluding carboxylic acids is 2. The topological polar surface area (TPSA) is 82.5 Å². The third-order valence-electron chi connectivity index (χ3n) is 5.00. The summed E-state index contributed by atoms with van der Waals surface area (Å²) in [5.41, 5.74) is 2.09. The number of benzene rings is 2. The van der Waals surface area contributed by atoms with E-state index in [-0.39, 0.29) is 11.8 Å². The quantitative estimate of drug-likeness (QED) is 0.488. The number of nitrogens with zero attached hydrogens (tertiary/aromatic N) is 2. The van der Waals surface area contributed by atoms with Crippen molar-refractivity contribution in [3.8, 4) is 16.9 Å². The molecule has 1 atom stereocenters. The van der Waals surface area contributed by atoms with Crippen LogP contribution in [0.1, 0.15) is 30.6 Å². The van der Waals surface area contributed by atoms with Crippen molar-refractivity contribution in [2.24, 2.45) is 5.92 Å². The minimum absolute atomic E-state index is 0.222. The number of esters is 1. The molecule has 3 aromatic rings. The van der Waals surface area contributed by atoms with Crippen LogP contribution in [0.2, 0.25) is 0 Å². The summed E-state index contributed by atoms with van der Waals surface area (Å²) >= 11 is 0. The Hall–Kier alpha value is -3.61. The monoisotopic (exact) mass is 435 g/mol. The van der Waals surface area contributed by atoms with Crippen molar-refractivity contribution in [2.75, 3.05) is 13.7 Å². The molecule has 1 N–H and O–H groups in total. The third-order valence-corrected chi connectivity index (χ3v) is 5.00. The lowest BCUT2D eigenvalue weighted by Crippen LogP contribution is -2.42. The molecule has 0 aliphatic heterocycles. The maximum Gasteiger partial charge on any atom is 0.328 e. The number of hydrogen-bond donors (Lipinski definition) is 1. The van der Waals surface area contributed by atoms with Gasteiger partial charge in [-0.1, -0.05) is 44.2 Å². The summed E-state index contributed by atoms with van der Waals surface area (Å²) in [6.45, 7) is 5.12. The number of aromatic nitrogens is 2. The van der Waals surface area contributed by atoms with Gasteiger partial charge in [0, 0.05) is 18.0 Å². The molecule has 0 fully saturated rings.